The predicted molar refractivity (Wildman–Crippen MR) is 435 cm³/mol. The highest BCUT2D eigenvalue weighted by atomic mass is 15.0. The fourth-order valence-corrected chi connectivity index (χ4v) is 26.4. The van der Waals surface area contributed by atoms with Crippen molar-refractivity contribution in [2.24, 2.45) is 0 Å². The van der Waals surface area contributed by atoms with Gasteiger partial charge in [0.05, 0.1) is 97.4 Å². The van der Waals surface area contributed by atoms with Crippen molar-refractivity contribution in [2.45, 2.75) is 39.9 Å². The molecule has 0 amide bonds. The monoisotopic (exact) mass is 1370 g/mol. The van der Waals surface area contributed by atoms with Crippen molar-refractivity contribution in [1.82, 2.24) is 28.7 Å². The van der Waals surface area contributed by atoms with Gasteiger partial charge in [0.1, 0.15) is 0 Å². The summed E-state index contributed by atoms with van der Waals surface area (Å²) in [4.78, 5) is 23.6. The first kappa shape index (κ1) is 54.0. The minimum atomic E-state index is -0.689. The predicted octanol–water partition coefficient (Wildman–Crippen LogP) is 23.0. The van der Waals surface area contributed by atoms with Crippen LogP contribution < -0.4 is 0 Å². The Morgan fingerprint density at radius 3 is 0.982 bits per heavy atom. The van der Waals surface area contributed by atoms with Gasteiger partial charge in [-0.05, 0) is 144 Å². The molecule has 6 nitrogen and oxygen atoms in total. The molecule has 494 valence electrons. The molecule has 3 spiro atoms. The molecule has 8 aromatic heterocycles. The van der Waals surface area contributed by atoms with Crippen molar-refractivity contribution in [3.63, 3.8) is 0 Å². The molecule has 3 unspecified atom stereocenters. The van der Waals surface area contributed by atoms with Gasteiger partial charge in [0.15, 0.2) is 0 Å². The second-order valence-electron chi connectivity index (χ2n) is 32.9. The van der Waals surface area contributed by atoms with E-state index in [0.717, 1.165) is 33.5 Å². The van der Waals surface area contributed by atoms with Crippen LogP contribution in [0.4, 0.5) is 0 Å². The summed E-state index contributed by atoms with van der Waals surface area (Å²) in [6.45, 7) is 0. The lowest BCUT2D eigenvalue weighted by Crippen LogP contribution is -2.52. The first-order chi connectivity index (χ1) is 54.2. The Morgan fingerprint density at radius 1 is 0.239 bits per heavy atom. The first-order valence-corrected chi connectivity index (χ1v) is 38.7. The van der Waals surface area contributed by atoms with E-state index in [1.807, 2.05) is 0 Å². The highest BCUT2D eigenvalue weighted by molar-refractivity contribution is 6.49. The van der Waals surface area contributed by atoms with Gasteiger partial charge in [-0.25, -0.2) is 0 Å². The third-order valence-corrected chi connectivity index (χ3v) is 29.5. The van der Waals surface area contributed by atoms with E-state index in [1.54, 1.807) is 0 Å². The van der Waals surface area contributed by atoms with Crippen LogP contribution in [-0.2, 0) is 16.2 Å². The summed E-state index contributed by atoms with van der Waals surface area (Å²) in [6, 6.07) is 103. The standard InChI is InChI=1S/C103H52N6/c1-3-27-55-53(25-1)77-54-26-2-4-28-56(54)80(55)97-89(77)85-73(45-106-97)108-75-47-104-95-59-31-11-19-39-71(59)101(65-33-13-5-21-49(65)50-22-6-14-34-66(50)101)93(95)87(75)83-63-43-44-64-79-62(42-41-61(78(63)79)81(85)99(83)108)82-86-74(46-107-98-90(86)91-57-29-9-17-37-69(57)103(91)70-38-18-10-30-58(70)92(98)103)109-76-48-105-96-60-32-12-20-40-72(60)102(94(96)88(76)84(64)100(82)109)67-35-15-7-23-51(67)52-24-8-16-36-68(52)102/h1-48,77,80,91-92H. The summed E-state index contributed by atoms with van der Waals surface area (Å²) in [5, 5.41) is 18.0. The Bertz CT molecular complexity index is 8130. The summed E-state index contributed by atoms with van der Waals surface area (Å²) < 4.78 is 5.31. The normalized spacial score (nSPS) is 19.6. The summed E-state index contributed by atoms with van der Waals surface area (Å²) in [6.07, 6.45) is 9.08. The van der Waals surface area contributed by atoms with E-state index in [-0.39, 0.29) is 29.1 Å². The molecule has 10 aliphatic carbocycles. The van der Waals surface area contributed by atoms with E-state index in [2.05, 4.69) is 301 Å². The molecule has 6 heteroatoms. The van der Waals surface area contributed by atoms with Crippen LogP contribution in [0.3, 0.4) is 0 Å². The summed E-state index contributed by atoms with van der Waals surface area (Å²) in [7, 11) is 0. The van der Waals surface area contributed by atoms with Crippen molar-refractivity contribution >= 4 is 109 Å². The van der Waals surface area contributed by atoms with Gasteiger partial charge < -0.3 is 8.80 Å². The molecule has 0 aliphatic heterocycles. The van der Waals surface area contributed by atoms with E-state index in [9.17, 15) is 0 Å². The molecule has 22 aromatic rings. The Morgan fingerprint density at radius 2 is 0.550 bits per heavy atom. The molecule has 0 fully saturated rings. The second kappa shape index (κ2) is 17.2. The van der Waals surface area contributed by atoms with Crippen molar-refractivity contribution in [3.8, 4) is 44.8 Å². The highest BCUT2D eigenvalue weighted by Crippen LogP contribution is 2.78. The van der Waals surface area contributed by atoms with Crippen LogP contribution in [0.15, 0.2) is 292 Å². The number of hydrogen-bond donors (Lipinski definition) is 0. The minimum absolute atomic E-state index is 0.0178. The van der Waals surface area contributed by atoms with Gasteiger partial charge in [0, 0.05) is 88.5 Å². The second-order valence-corrected chi connectivity index (χ2v) is 32.9. The first-order valence-electron chi connectivity index (χ1n) is 38.7. The Hall–Kier alpha value is -13.7. The summed E-state index contributed by atoms with van der Waals surface area (Å²) in [5.74, 6) is 0.193. The van der Waals surface area contributed by atoms with Gasteiger partial charge in [-0.1, -0.05) is 267 Å². The topological polar surface area (TPSA) is 60.4 Å². The molecule has 0 radical (unpaired) electrons. The van der Waals surface area contributed by atoms with Gasteiger partial charge in [0.2, 0.25) is 0 Å². The Kier molecular flexibility index (Phi) is 8.54. The molecule has 109 heavy (non-hydrogen) atoms. The number of hydrogen-bond acceptors (Lipinski definition) is 4. The zero-order valence-corrected chi connectivity index (χ0v) is 58.2. The molecule has 0 N–H and O–H groups in total. The molecule has 8 heterocycles. The van der Waals surface area contributed by atoms with Crippen LogP contribution in [0.2, 0.25) is 0 Å². The number of benzene rings is 14. The number of pyridine rings is 4. The largest absolute Gasteiger partial charge is 0.305 e. The minimum Gasteiger partial charge on any atom is -0.305 e. The molecular weight excluding hydrogens is 1320 g/mol. The fourth-order valence-electron chi connectivity index (χ4n) is 26.4. The van der Waals surface area contributed by atoms with E-state index in [0.29, 0.717) is 0 Å². The number of aromatic nitrogens is 6. The lowest BCUT2D eigenvalue weighted by atomic mass is 9.43. The fraction of sp³-hybridized carbons (Fsp3) is 0.0680. The van der Waals surface area contributed by atoms with E-state index in [4.69, 9.17) is 19.9 Å². The average Bonchev–Trinajstić information content (AvgIpc) is 1.47. The lowest BCUT2D eigenvalue weighted by molar-refractivity contribution is 0.331. The molecule has 10 aliphatic rings. The van der Waals surface area contributed by atoms with Crippen LogP contribution in [0.1, 0.15) is 135 Å². The maximum absolute atomic E-state index is 5.93. The molecular formula is C103H52N6. The smallest absolute Gasteiger partial charge is 0.0761 e. The third-order valence-electron chi connectivity index (χ3n) is 29.5. The van der Waals surface area contributed by atoms with Gasteiger partial charge >= 0.3 is 0 Å². The molecule has 3 atom stereocenters. The quantitative estimate of drug-likeness (QED) is 0.142. The van der Waals surface area contributed by atoms with E-state index >= 15 is 0 Å². The maximum atomic E-state index is 5.93. The van der Waals surface area contributed by atoms with Gasteiger partial charge in [-0.2, -0.15) is 0 Å². The van der Waals surface area contributed by atoms with Gasteiger partial charge in [0.25, 0.3) is 0 Å². The lowest BCUT2D eigenvalue weighted by Gasteiger charge is -2.58. The molecule has 32 rings (SSSR count). The van der Waals surface area contributed by atoms with Crippen molar-refractivity contribution in [2.75, 3.05) is 0 Å². The van der Waals surface area contributed by atoms with Gasteiger partial charge in [-0.3, -0.25) is 19.9 Å². The Labute approximate surface area is 621 Å². The van der Waals surface area contributed by atoms with Crippen molar-refractivity contribution < 1.29 is 0 Å². The molecule has 14 aromatic carbocycles. The van der Waals surface area contributed by atoms with Crippen LogP contribution in [0.5, 0.6) is 0 Å². The van der Waals surface area contributed by atoms with Crippen LogP contribution >= 0.6 is 0 Å². The SMILES string of the molecule is c1ccc2c(c1)-c1ccccc1C21c2ccccc2-c2ncc3c(c21)c1c2ccc4c5c(ccc(c25)c2c5c6c(ncc5n3c21)C1c2ccccc2C6c2ccccc21)c1c2c3c(ncc2n2c5cnc6c(c5c4c12)C1(c2ccccc2-c2ccccc21)c1ccccc1-6)C1c2ccccc2C12c1ccccc1C32. The van der Waals surface area contributed by atoms with Gasteiger partial charge in [-0.15, -0.1) is 0 Å². The van der Waals surface area contributed by atoms with Crippen molar-refractivity contribution in [3.05, 3.63) is 403 Å². The van der Waals surface area contributed by atoms with Crippen LogP contribution in [0, 0.1) is 0 Å². The number of nitrogens with zero attached hydrogens (tertiary/aromatic N) is 6. The molecule has 0 saturated carbocycles. The third kappa shape index (κ3) is 5.17. The van der Waals surface area contributed by atoms with Crippen LogP contribution in [0.25, 0.3) is 153 Å². The Balaban J connectivity index is 0.839. The zero-order valence-electron chi connectivity index (χ0n) is 58.2. The number of fused-ring (bicyclic) bond motifs is 46. The summed E-state index contributed by atoms with van der Waals surface area (Å²) >= 11 is 0. The van der Waals surface area contributed by atoms with E-state index in [1.165, 1.54) is 231 Å². The summed E-state index contributed by atoms with van der Waals surface area (Å²) in [5.41, 5.74) is 41.7. The highest BCUT2D eigenvalue weighted by Gasteiger charge is 2.71. The molecule has 0 saturated heterocycles. The van der Waals surface area contributed by atoms with Crippen molar-refractivity contribution in [1.29, 1.82) is 0 Å². The maximum Gasteiger partial charge on any atom is 0.0761 e. The molecule has 2 bridgehead atoms. The van der Waals surface area contributed by atoms with Crippen LogP contribution in [-0.4, -0.2) is 28.7 Å². The average molecular weight is 1370 g/mol. The number of rotatable bonds is 0. The van der Waals surface area contributed by atoms with E-state index < -0.39 is 10.8 Å². The zero-order chi connectivity index (χ0) is 69.4.